The van der Waals surface area contributed by atoms with Gasteiger partial charge in [0.2, 0.25) is 5.91 Å². The maximum atomic E-state index is 11.6. The van der Waals surface area contributed by atoms with Crippen LogP contribution in [0.5, 0.6) is 0 Å². The highest BCUT2D eigenvalue weighted by Gasteiger charge is 2.15. The Balaban J connectivity index is 2.78. The third-order valence-electron chi connectivity index (χ3n) is 2.72. The number of aliphatic carboxylic acids is 1. The number of carbonyl (C=O) groups excluding carboxylic acids is 1. The van der Waals surface area contributed by atoms with Crippen molar-refractivity contribution in [1.82, 2.24) is 15.1 Å². The van der Waals surface area contributed by atoms with Gasteiger partial charge in [0, 0.05) is 17.8 Å². The van der Waals surface area contributed by atoms with Crippen molar-refractivity contribution in [2.45, 2.75) is 40.2 Å². The molecule has 0 aliphatic carbocycles. The van der Waals surface area contributed by atoms with Crippen molar-refractivity contribution in [2.24, 2.45) is 0 Å². The Kier molecular flexibility index (Phi) is 4.88. The van der Waals surface area contributed by atoms with E-state index in [1.54, 1.807) is 18.5 Å². The van der Waals surface area contributed by atoms with E-state index < -0.39 is 5.97 Å². The third-order valence-corrected chi connectivity index (χ3v) is 2.72. The Labute approximate surface area is 106 Å². The average molecular weight is 253 g/mol. The average Bonchev–Trinajstić information content (AvgIpc) is 2.54. The van der Waals surface area contributed by atoms with E-state index in [0.717, 1.165) is 12.1 Å². The molecule has 1 rings (SSSR count). The Hall–Kier alpha value is -1.85. The van der Waals surface area contributed by atoms with Crippen molar-refractivity contribution < 1.29 is 14.7 Å². The summed E-state index contributed by atoms with van der Waals surface area (Å²) in [5.74, 6) is -1.000. The fraction of sp³-hybridized carbons (Fsp3) is 0.583. The fourth-order valence-corrected chi connectivity index (χ4v) is 1.75. The Morgan fingerprint density at radius 2 is 2.06 bits per heavy atom. The largest absolute Gasteiger partial charge is 0.481 e. The van der Waals surface area contributed by atoms with Crippen LogP contribution in [0.4, 0.5) is 0 Å². The van der Waals surface area contributed by atoms with Crippen molar-refractivity contribution in [3.63, 3.8) is 0 Å². The van der Waals surface area contributed by atoms with Crippen LogP contribution in [-0.2, 0) is 22.6 Å². The molecule has 0 saturated heterocycles. The maximum Gasteiger partial charge on any atom is 0.307 e. The second kappa shape index (κ2) is 6.18. The fourth-order valence-electron chi connectivity index (χ4n) is 1.75. The van der Waals surface area contributed by atoms with Gasteiger partial charge in [-0.05, 0) is 20.3 Å². The second-order valence-corrected chi connectivity index (χ2v) is 4.23. The normalized spacial score (nSPS) is 10.4. The van der Waals surface area contributed by atoms with Crippen molar-refractivity contribution >= 4 is 11.9 Å². The summed E-state index contributed by atoms with van der Waals surface area (Å²) in [5, 5.41) is 15.8. The van der Waals surface area contributed by atoms with E-state index >= 15 is 0 Å². The number of rotatable bonds is 6. The zero-order valence-corrected chi connectivity index (χ0v) is 11.0. The van der Waals surface area contributed by atoms with E-state index in [9.17, 15) is 9.59 Å². The molecule has 1 heterocycles. The molecule has 0 unspecified atom stereocenters. The molecule has 6 heteroatoms. The number of nitrogens with zero attached hydrogens (tertiary/aromatic N) is 2. The number of carbonyl (C=O) groups is 2. The van der Waals surface area contributed by atoms with Gasteiger partial charge in [0.05, 0.1) is 12.1 Å². The number of aryl methyl sites for hydroxylation is 1. The Morgan fingerprint density at radius 1 is 1.39 bits per heavy atom. The molecule has 18 heavy (non-hydrogen) atoms. The molecule has 0 radical (unpaired) electrons. The molecule has 0 spiro atoms. The Bertz CT molecular complexity index is 452. The zero-order chi connectivity index (χ0) is 13.7. The molecule has 0 atom stereocenters. The van der Waals surface area contributed by atoms with Gasteiger partial charge in [0.25, 0.3) is 0 Å². The van der Waals surface area contributed by atoms with Crippen molar-refractivity contribution in [2.75, 3.05) is 6.54 Å². The minimum Gasteiger partial charge on any atom is -0.481 e. The van der Waals surface area contributed by atoms with Gasteiger partial charge in [-0.3, -0.25) is 14.3 Å². The number of amides is 1. The van der Waals surface area contributed by atoms with Gasteiger partial charge in [0.15, 0.2) is 0 Å². The molecule has 6 nitrogen and oxygen atoms in total. The predicted octanol–water partition coefficient (Wildman–Crippen LogP) is 0.653. The topological polar surface area (TPSA) is 84.2 Å². The summed E-state index contributed by atoms with van der Waals surface area (Å²) in [6.07, 6.45) is 0.821. The molecule has 0 saturated carbocycles. The maximum absolute atomic E-state index is 11.6. The van der Waals surface area contributed by atoms with Crippen LogP contribution < -0.4 is 5.32 Å². The molecule has 0 aromatic carbocycles. The molecule has 0 fully saturated rings. The lowest BCUT2D eigenvalue weighted by atomic mass is 10.1. The van der Waals surface area contributed by atoms with Crippen LogP contribution in [0.2, 0.25) is 0 Å². The standard InChI is InChI=1S/C12H19N3O3/c1-4-5-13-11(16)7-15-9(3)10(6-12(17)18)8(2)14-15/h4-7H2,1-3H3,(H,13,16)(H,17,18). The first-order valence-electron chi connectivity index (χ1n) is 5.97. The molecular weight excluding hydrogens is 234 g/mol. The third kappa shape index (κ3) is 3.58. The van der Waals surface area contributed by atoms with Gasteiger partial charge < -0.3 is 10.4 Å². The highest BCUT2D eigenvalue weighted by atomic mass is 16.4. The second-order valence-electron chi connectivity index (χ2n) is 4.23. The minimum atomic E-state index is -0.892. The SMILES string of the molecule is CCCNC(=O)Cn1nc(C)c(CC(=O)O)c1C. The van der Waals surface area contributed by atoms with Crippen LogP contribution in [-0.4, -0.2) is 33.3 Å². The van der Waals surface area contributed by atoms with Gasteiger partial charge in [-0.1, -0.05) is 6.92 Å². The van der Waals surface area contributed by atoms with E-state index in [1.165, 1.54) is 0 Å². The number of nitrogens with one attached hydrogen (secondary N) is 1. The summed E-state index contributed by atoms with van der Waals surface area (Å²) in [6.45, 7) is 6.29. The van der Waals surface area contributed by atoms with Crippen molar-refractivity contribution in [3.05, 3.63) is 17.0 Å². The number of carboxylic acids is 1. The number of hydrogen-bond donors (Lipinski definition) is 2. The van der Waals surface area contributed by atoms with Crippen molar-refractivity contribution in [1.29, 1.82) is 0 Å². The van der Waals surface area contributed by atoms with E-state index in [-0.39, 0.29) is 18.9 Å². The van der Waals surface area contributed by atoms with E-state index in [2.05, 4.69) is 10.4 Å². The summed E-state index contributed by atoms with van der Waals surface area (Å²) >= 11 is 0. The van der Waals surface area contributed by atoms with Crippen molar-refractivity contribution in [3.8, 4) is 0 Å². The lowest BCUT2D eigenvalue weighted by Crippen LogP contribution is -2.28. The zero-order valence-electron chi connectivity index (χ0n) is 11.0. The van der Waals surface area contributed by atoms with Crippen LogP contribution in [0.15, 0.2) is 0 Å². The first-order chi connectivity index (χ1) is 8.45. The monoisotopic (exact) mass is 253 g/mol. The van der Waals surface area contributed by atoms with Crippen LogP contribution in [0, 0.1) is 13.8 Å². The van der Waals surface area contributed by atoms with Crippen LogP contribution in [0.3, 0.4) is 0 Å². The number of hydrogen-bond acceptors (Lipinski definition) is 3. The number of aromatic nitrogens is 2. The van der Waals surface area contributed by atoms with Gasteiger partial charge in [-0.2, -0.15) is 5.10 Å². The quantitative estimate of drug-likeness (QED) is 0.779. The molecule has 0 aliphatic heterocycles. The van der Waals surface area contributed by atoms with Gasteiger partial charge in [-0.15, -0.1) is 0 Å². The molecular formula is C12H19N3O3. The van der Waals surface area contributed by atoms with E-state index in [4.69, 9.17) is 5.11 Å². The lowest BCUT2D eigenvalue weighted by molar-refractivity contribution is -0.136. The van der Waals surface area contributed by atoms with Crippen LogP contribution in [0.25, 0.3) is 0 Å². The number of carboxylic acid groups (broad SMARTS) is 1. The highest BCUT2D eigenvalue weighted by Crippen LogP contribution is 2.13. The minimum absolute atomic E-state index is 0.0613. The van der Waals surface area contributed by atoms with Crippen LogP contribution in [0.1, 0.15) is 30.3 Å². The smallest absolute Gasteiger partial charge is 0.307 e. The van der Waals surface area contributed by atoms with Crippen LogP contribution >= 0.6 is 0 Å². The molecule has 100 valence electrons. The van der Waals surface area contributed by atoms with Gasteiger partial charge in [-0.25, -0.2) is 0 Å². The summed E-state index contributed by atoms with van der Waals surface area (Å²) in [6, 6.07) is 0. The van der Waals surface area contributed by atoms with E-state index in [1.807, 2.05) is 6.92 Å². The predicted molar refractivity (Wildman–Crippen MR) is 66.3 cm³/mol. The Morgan fingerprint density at radius 3 is 2.61 bits per heavy atom. The first kappa shape index (κ1) is 14.2. The molecule has 1 aromatic heterocycles. The highest BCUT2D eigenvalue weighted by molar-refractivity contribution is 5.76. The molecule has 0 aliphatic rings. The molecule has 1 aromatic rings. The molecule has 1 amide bonds. The van der Waals surface area contributed by atoms with Gasteiger partial charge in [0.1, 0.15) is 6.54 Å². The summed E-state index contributed by atoms with van der Waals surface area (Å²) < 4.78 is 1.55. The molecule has 2 N–H and O–H groups in total. The summed E-state index contributed by atoms with van der Waals surface area (Å²) in [4.78, 5) is 22.3. The summed E-state index contributed by atoms with van der Waals surface area (Å²) in [7, 11) is 0. The first-order valence-corrected chi connectivity index (χ1v) is 5.97. The van der Waals surface area contributed by atoms with E-state index in [0.29, 0.717) is 17.8 Å². The molecule has 0 bridgehead atoms. The lowest BCUT2D eigenvalue weighted by Gasteiger charge is -2.05. The summed E-state index contributed by atoms with van der Waals surface area (Å²) in [5.41, 5.74) is 2.09. The van der Waals surface area contributed by atoms with Gasteiger partial charge >= 0.3 is 5.97 Å².